The van der Waals surface area contributed by atoms with Crippen molar-refractivity contribution in [3.63, 3.8) is 0 Å². The van der Waals surface area contributed by atoms with Gasteiger partial charge in [-0.05, 0) is 40.7 Å². The predicted octanol–water partition coefficient (Wildman–Crippen LogP) is 2.66. The summed E-state index contributed by atoms with van der Waals surface area (Å²) in [7, 11) is 3.02. The number of nitrogens with one attached hydrogen (secondary N) is 2. The number of likely N-dealkylation sites (tertiary alicyclic amines) is 1. The largest absolute Gasteiger partial charge is 0.444 e. The lowest BCUT2D eigenvalue weighted by Crippen LogP contribution is -2.53. The number of hydrogen-bond acceptors (Lipinski definition) is 4. The molecule has 0 aromatic carbocycles. The van der Waals surface area contributed by atoms with Gasteiger partial charge in [0, 0.05) is 39.3 Å². The number of carbonyl (C=O) groups is 1. The van der Waals surface area contributed by atoms with Gasteiger partial charge in [-0.15, -0.1) is 24.0 Å². The molecule has 11 heteroatoms. The van der Waals surface area contributed by atoms with Crippen molar-refractivity contribution in [3.05, 3.63) is 0 Å². The van der Waals surface area contributed by atoms with Crippen molar-refractivity contribution in [1.82, 2.24) is 20.4 Å². The first-order chi connectivity index (χ1) is 12.4. The summed E-state index contributed by atoms with van der Waals surface area (Å²) in [4.78, 5) is 19.2. The molecule has 28 heavy (non-hydrogen) atoms. The van der Waals surface area contributed by atoms with Crippen LogP contribution in [0.2, 0.25) is 0 Å². The molecule has 2 N–H and O–H groups in total. The van der Waals surface area contributed by atoms with Gasteiger partial charge in [0.15, 0.2) is 5.96 Å². The van der Waals surface area contributed by atoms with Gasteiger partial charge in [0.25, 0.3) is 0 Å². The minimum atomic E-state index is -4.21. The molecule has 1 fully saturated rings. The number of halogens is 4. The molecule has 166 valence electrons. The minimum Gasteiger partial charge on any atom is -0.444 e. The second-order valence-corrected chi connectivity index (χ2v) is 7.76. The van der Waals surface area contributed by atoms with E-state index in [4.69, 9.17) is 4.74 Å². The predicted molar refractivity (Wildman–Crippen MR) is 114 cm³/mol. The Labute approximate surface area is 182 Å². The number of carbonyl (C=O) groups excluding carboxylic acids is 1. The van der Waals surface area contributed by atoms with Crippen molar-refractivity contribution in [3.8, 4) is 0 Å². The Morgan fingerprint density at radius 3 is 2.50 bits per heavy atom. The monoisotopic (exact) mass is 523 g/mol. The summed E-state index contributed by atoms with van der Waals surface area (Å²) in [6, 6.07) is 0.00498. The minimum absolute atomic E-state index is 0. The van der Waals surface area contributed by atoms with Gasteiger partial charge in [0.05, 0.1) is 6.54 Å². The van der Waals surface area contributed by atoms with Crippen LogP contribution in [0.1, 0.15) is 33.6 Å². The Hall–Kier alpha value is -0.980. The summed E-state index contributed by atoms with van der Waals surface area (Å²) in [5, 5.41) is 6.23. The maximum atomic E-state index is 12.3. The molecule has 1 heterocycles. The van der Waals surface area contributed by atoms with E-state index in [1.54, 1.807) is 11.9 Å². The molecular formula is C17H33F3IN5O2. The van der Waals surface area contributed by atoms with Gasteiger partial charge in [-0.25, -0.2) is 4.79 Å². The van der Waals surface area contributed by atoms with E-state index in [1.807, 2.05) is 20.8 Å². The number of amides is 1. The smallest absolute Gasteiger partial charge is 0.410 e. The Bertz CT molecular complexity index is 512. The lowest BCUT2D eigenvalue weighted by atomic mass is 10.1. The highest BCUT2D eigenvalue weighted by atomic mass is 127. The highest BCUT2D eigenvalue weighted by molar-refractivity contribution is 14.0. The SMILES string of the molecule is CN=C(NCCN(C)CC(F)(F)F)NC1CCCN(C(=O)OC(C)(C)C)C1.I. The van der Waals surface area contributed by atoms with Gasteiger partial charge in [-0.3, -0.25) is 9.89 Å². The summed E-state index contributed by atoms with van der Waals surface area (Å²) in [6.45, 7) is 6.22. The van der Waals surface area contributed by atoms with Crippen molar-refractivity contribution in [2.45, 2.75) is 51.4 Å². The van der Waals surface area contributed by atoms with Crippen LogP contribution >= 0.6 is 24.0 Å². The molecular weight excluding hydrogens is 490 g/mol. The molecule has 1 atom stereocenters. The zero-order valence-electron chi connectivity index (χ0n) is 17.2. The summed E-state index contributed by atoms with van der Waals surface area (Å²) >= 11 is 0. The van der Waals surface area contributed by atoms with Crippen LogP contribution in [0.4, 0.5) is 18.0 Å². The van der Waals surface area contributed by atoms with Crippen molar-refractivity contribution in [1.29, 1.82) is 0 Å². The average Bonchev–Trinajstić information content (AvgIpc) is 2.50. The third-order valence-corrected chi connectivity index (χ3v) is 3.87. The Morgan fingerprint density at radius 1 is 1.32 bits per heavy atom. The lowest BCUT2D eigenvalue weighted by molar-refractivity contribution is -0.142. The van der Waals surface area contributed by atoms with Crippen molar-refractivity contribution in [2.24, 2.45) is 4.99 Å². The molecule has 1 saturated heterocycles. The zero-order valence-corrected chi connectivity index (χ0v) is 19.6. The number of nitrogens with zero attached hydrogens (tertiary/aromatic N) is 3. The van der Waals surface area contributed by atoms with E-state index in [1.165, 1.54) is 11.9 Å². The van der Waals surface area contributed by atoms with Crippen molar-refractivity contribution in [2.75, 3.05) is 46.8 Å². The first-order valence-electron chi connectivity index (χ1n) is 9.10. The third kappa shape index (κ3) is 11.8. The molecule has 0 saturated carbocycles. The van der Waals surface area contributed by atoms with Gasteiger partial charge in [-0.1, -0.05) is 0 Å². The number of alkyl halides is 3. The molecule has 0 spiro atoms. The number of piperidine rings is 1. The fraction of sp³-hybridized carbons (Fsp3) is 0.882. The summed E-state index contributed by atoms with van der Waals surface area (Å²) in [5.41, 5.74) is -0.544. The molecule has 0 aromatic rings. The quantitative estimate of drug-likeness (QED) is 0.330. The topological polar surface area (TPSA) is 69.2 Å². The van der Waals surface area contributed by atoms with E-state index in [0.29, 0.717) is 25.6 Å². The number of rotatable bonds is 5. The summed E-state index contributed by atoms with van der Waals surface area (Å²) < 4.78 is 42.4. The summed E-state index contributed by atoms with van der Waals surface area (Å²) in [6.07, 6.45) is -2.84. The lowest BCUT2D eigenvalue weighted by Gasteiger charge is -2.35. The third-order valence-electron chi connectivity index (χ3n) is 3.87. The van der Waals surface area contributed by atoms with Gasteiger partial charge in [0.1, 0.15) is 5.60 Å². The Kier molecular flexibility index (Phi) is 11.5. The van der Waals surface area contributed by atoms with Crippen molar-refractivity contribution >= 4 is 36.0 Å². The van der Waals surface area contributed by atoms with E-state index in [-0.39, 0.29) is 42.7 Å². The number of aliphatic imine (C=N–C) groups is 1. The molecule has 1 amide bonds. The number of likely N-dealkylation sites (N-methyl/N-ethyl adjacent to an activating group) is 1. The molecule has 1 aliphatic rings. The molecule has 0 bridgehead atoms. The molecule has 1 rings (SSSR count). The maximum absolute atomic E-state index is 12.3. The van der Waals surface area contributed by atoms with Gasteiger partial charge in [-0.2, -0.15) is 13.2 Å². The standard InChI is InChI=1S/C17H32F3N5O2.HI/c1-16(2,3)27-15(26)25-9-6-7-13(11-25)23-14(21-4)22-8-10-24(5)12-17(18,19)20;/h13H,6-12H2,1-5H3,(H2,21,22,23);1H. The van der Waals surface area contributed by atoms with E-state index in [2.05, 4.69) is 15.6 Å². The Balaban J connectivity index is 0.00000729. The highest BCUT2D eigenvalue weighted by Gasteiger charge is 2.29. The second kappa shape index (κ2) is 11.9. The highest BCUT2D eigenvalue weighted by Crippen LogP contribution is 2.16. The maximum Gasteiger partial charge on any atom is 0.410 e. The van der Waals surface area contributed by atoms with E-state index in [9.17, 15) is 18.0 Å². The van der Waals surface area contributed by atoms with Crippen LogP contribution in [0.25, 0.3) is 0 Å². The average molecular weight is 523 g/mol. The normalized spacial score (nSPS) is 18.5. The van der Waals surface area contributed by atoms with Crippen LogP contribution in [0.15, 0.2) is 4.99 Å². The van der Waals surface area contributed by atoms with E-state index >= 15 is 0 Å². The van der Waals surface area contributed by atoms with E-state index < -0.39 is 18.3 Å². The molecule has 1 unspecified atom stereocenters. The van der Waals surface area contributed by atoms with Crippen LogP contribution in [0.5, 0.6) is 0 Å². The molecule has 0 aliphatic carbocycles. The van der Waals surface area contributed by atoms with Gasteiger partial charge >= 0.3 is 12.3 Å². The fourth-order valence-electron chi connectivity index (χ4n) is 2.73. The molecule has 7 nitrogen and oxygen atoms in total. The Morgan fingerprint density at radius 2 is 1.96 bits per heavy atom. The van der Waals surface area contributed by atoms with Gasteiger partial charge < -0.3 is 20.3 Å². The van der Waals surface area contributed by atoms with Gasteiger partial charge in [0.2, 0.25) is 0 Å². The number of ether oxygens (including phenoxy) is 1. The molecule has 0 radical (unpaired) electrons. The van der Waals surface area contributed by atoms with E-state index in [0.717, 1.165) is 12.8 Å². The first-order valence-corrected chi connectivity index (χ1v) is 9.10. The van der Waals surface area contributed by atoms with Crippen LogP contribution in [0.3, 0.4) is 0 Å². The van der Waals surface area contributed by atoms with Crippen LogP contribution < -0.4 is 10.6 Å². The fourth-order valence-corrected chi connectivity index (χ4v) is 2.73. The van der Waals surface area contributed by atoms with Crippen LogP contribution in [-0.4, -0.2) is 86.5 Å². The van der Waals surface area contributed by atoms with Crippen LogP contribution in [-0.2, 0) is 4.74 Å². The molecule has 0 aromatic heterocycles. The zero-order chi connectivity index (χ0) is 20.7. The number of hydrogen-bond donors (Lipinski definition) is 2. The molecule has 1 aliphatic heterocycles. The van der Waals surface area contributed by atoms with Crippen molar-refractivity contribution < 1.29 is 22.7 Å². The second-order valence-electron chi connectivity index (χ2n) is 7.76. The number of guanidine groups is 1. The van der Waals surface area contributed by atoms with Crippen LogP contribution in [0, 0.1) is 0 Å². The first kappa shape index (κ1) is 27.0. The summed E-state index contributed by atoms with van der Waals surface area (Å²) in [5.74, 6) is 0.506.